The predicted molar refractivity (Wildman–Crippen MR) is 136 cm³/mol. The molecule has 0 radical (unpaired) electrons. The van der Waals surface area contributed by atoms with Crippen molar-refractivity contribution >= 4 is 5.91 Å². The first kappa shape index (κ1) is 24.4. The number of nitrogens with zero attached hydrogens (tertiary/aromatic N) is 2. The zero-order valence-electron chi connectivity index (χ0n) is 21.0. The van der Waals surface area contributed by atoms with Crippen LogP contribution in [-0.4, -0.2) is 46.4 Å². The summed E-state index contributed by atoms with van der Waals surface area (Å²) < 4.78 is 11.6. The lowest BCUT2D eigenvalue weighted by Crippen LogP contribution is -2.29. The van der Waals surface area contributed by atoms with Gasteiger partial charge in [-0.2, -0.15) is 5.10 Å². The summed E-state index contributed by atoms with van der Waals surface area (Å²) in [5, 5.41) is 18.2. The molecule has 1 aliphatic heterocycles. The number of amides is 1. The summed E-state index contributed by atoms with van der Waals surface area (Å²) in [6.07, 6.45) is 2.65. The lowest BCUT2D eigenvalue weighted by Gasteiger charge is -2.26. The van der Waals surface area contributed by atoms with E-state index in [9.17, 15) is 9.90 Å². The average molecular weight is 476 g/mol. The number of hydrogen-bond donors (Lipinski definition) is 2. The molecular formula is C28H33N3O4. The summed E-state index contributed by atoms with van der Waals surface area (Å²) in [5.41, 5.74) is 5.03. The summed E-state index contributed by atoms with van der Waals surface area (Å²) in [5.74, 6) is 1.78. The van der Waals surface area contributed by atoms with Crippen molar-refractivity contribution in [2.45, 2.75) is 40.2 Å². The molecule has 3 aromatic rings. The van der Waals surface area contributed by atoms with Crippen LogP contribution in [0.25, 0.3) is 11.3 Å². The van der Waals surface area contributed by atoms with Gasteiger partial charge in [-0.1, -0.05) is 32.1 Å². The van der Waals surface area contributed by atoms with E-state index in [0.717, 1.165) is 28.7 Å². The van der Waals surface area contributed by atoms with Crippen LogP contribution in [0.1, 0.15) is 59.1 Å². The molecule has 0 saturated heterocycles. The first-order valence-electron chi connectivity index (χ1n) is 11.9. The molecular weight excluding hydrogens is 442 g/mol. The van der Waals surface area contributed by atoms with Gasteiger partial charge in [0, 0.05) is 17.7 Å². The van der Waals surface area contributed by atoms with E-state index in [1.165, 1.54) is 0 Å². The fourth-order valence-corrected chi connectivity index (χ4v) is 4.69. The van der Waals surface area contributed by atoms with Crippen molar-refractivity contribution in [1.29, 1.82) is 0 Å². The highest BCUT2D eigenvalue weighted by molar-refractivity contribution is 6.00. The summed E-state index contributed by atoms with van der Waals surface area (Å²) in [7, 11) is 1.61. The van der Waals surface area contributed by atoms with Crippen LogP contribution in [0.5, 0.6) is 17.2 Å². The van der Waals surface area contributed by atoms with E-state index in [2.05, 4.69) is 30.6 Å². The van der Waals surface area contributed by atoms with Crippen LogP contribution in [0.3, 0.4) is 0 Å². The van der Waals surface area contributed by atoms with E-state index >= 15 is 0 Å². The molecule has 0 fully saturated rings. The number of rotatable bonds is 9. The molecule has 1 atom stereocenters. The highest BCUT2D eigenvalue weighted by Crippen LogP contribution is 2.46. The second-order valence-corrected chi connectivity index (χ2v) is 9.43. The minimum Gasteiger partial charge on any atom is -0.507 e. The van der Waals surface area contributed by atoms with Gasteiger partial charge in [-0.05, 0) is 61.1 Å². The monoisotopic (exact) mass is 475 g/mol. The van der Waals surface area contributed by atoms with Crippen LogP contribution >= 0.6 is 0 Å². The number of phenols is 1. The van der Waals surface area contributed by atoms with Gasteiger partial charge in [-0.25, -0.2) is 0 Å². The molecule has 2 aromatic carbocycles. The van der Waals surface area contributed by atoms with Crippen molar-refractivity contribution in [2.75, 3.05) is 20.3 Å². The van der Waals surface area contributed by atoms with E-state index in [1.807, 2.05) is 38.1 Å². The quantitative estimate of drug-likeness (QED) is 0.396. The van der Waals surface area contributed by atoms with Crippen LogP contribution in [0.15, 0.2) is 43.0 Å². The number of aromatic amines is 1. The minimum atomic E-state index is -0.428. The summed E-state index contributed by atoms with van der Waals surface area (Å²) in [6, 6.07) is 9.03. The molecule has 2 heterocycles. The van der Waals surface area contributed by atoms with Crippen molar-refractivity contribution in [1.82, 2.24) is 15.1 Å². The van der Waals surface area contributed by atoms with Crippen LogP contribution in [0.4, 0.5) is 0 Å². The predicted octanol–water partition coefficient (Wildman–Crippen LogP) is 5.56. The van der Waals surface area contributed by atoms with Gasteiger partial charge in [-0.15, -0.1) is 6.58 Å². The molecule has 0 saturated carbocycles. The molecule has 1 aromatic heterocycles. The zero-order valence-corrected chi connectivity index (χ0v) is 21.0. The van der Waals surface area contributed by atoms with Gasteiger partial charge in [0.25, 0.3) is 5.91 Å². The lowest BCUT2D eigenvalue weighted by molar-refractivity contribution is 0.0764. The molecule has 0 spiro atoms. The number of aromatic hydroxyl groups is 1. The van der Waals surface area contributed by atoms with E-state index in [-0.39, 0.29) is 11.7 Å². The highest BCUT2D eigenvalue weighted by Gasteiger charge is 2.42. The largest absolute Gasteiger partial charge is 0.507 e. The molecule has 0 bridgehead atoms. The Hall–Kier alpha value is -3.74. The van der Waals surface area contributed by atoms with Crippen LogP contribution < -0.4 is 9.47 Å². The summed E-state index contributed by atoms with van der Waals surface area (Å²) >= 11 is 0. The Labute approximate surface area is 206 Å². The van der Waals surface area contributed by atoms with Gasteiger partial charge < -0.3 is 19.5 Å². The summed E-state index contributed by atoms with van der Waals surface area (Å²) in [4.78, 5) is 15.1. The third-order valence-corrected chi connectivity index (χ3v) is 6.34. The van der Waals surface area contributed by atoms with E-state index < -0.39 is 6.04 Å². The first-order valence-corrected chi connectivity index (χ1v) is 11.9. The Morgan fingerprint density at radius 2 is 2.00 bits per heavy atom. The molecule has 0 aliphatic carbocycles. The van der Waals surface area contributed by atoms with Gasteiger partial charge in [-0.3, -0.25) is 9.89 Å². The third-order valence-electron chi connectivity index (χ3n) is 6.34. The number of aryl methyl sites for hydroxylation is 2. The molecule has 7 heteroatoms. The Morgan fingerprint density at radius 1 is 1.23 bits per heavy atom. The smallest absolute Gasteiger partial charge is 0.273 e. The molecule has 7 nitrogen and oxygen atoms in total. The van der Waals surface area contributed by atoms with Crippen molar-refractivity contribution in [3.63, 3.8) is 0 Å². The lowest BCUT2D eigenvalue weighted by atomic mass is 9.93. The average Bonchev–Trinajstić information content (AvgIpc) is 3.33. The second-order valence-electron chi connectivity index (χ2n) is 9.43. The normalized spacial score (nSPS) is 15.0. The number of methoxy groups -OCH3 is 1. The maximum absolute atomic E-state index is 13.4. The number of hydrogen-bond acceptors (Lipinski definition) is 5. The number of H-pyrrole nitrogens is 1. The van der Waals surface area contributed by atoms with Gasteiger partial charge in [0.05, 0.1) is 19.8 Å². The van der Waals surface area contributed by atoms with Crippen molar-refractivity contribution in [3.05, 3.63) is 70.9 Å². The Kier molecular flexibility index (Phi) is 6.87. The fraction of sp³-hybridized carbons (Fsp3) is 0.357. The molecule has 1 unspecified atom stereocenters. The van der Waals surface area contributed by atoms with E-state index in [4.69, 9.17) is 9.47 Å². The Balaban J connectivity index is 1.82. The van der Waals surface area contributed by atoms with Crippen molar-refractivity contribution in [3.8, 4) is 28.5 Å². The molecule has 184 valence electrons. The van der Waals surface area contributed by atoms with Crippen LogP contribution in [0, 0.1) is 19.8 Å². The third kappa shape index (κ3) is 4.50. The van der Waals surface area contributed by atoms with E-state index in [1.54, 1.807) is 24.2 Å². The number of benzene rings is 2. The van der Waals surface area contributed by atoms with Gasteiger partial charge in [0.1, 0.15) is 17.1 Å². The SMILES string of the molecule is C=CCN1C(=O)c2[nH]nc(-c3c(C)cc(C)cc3O)c2C1c1ccc(OCCC(C)C)c(OC)c1. The van der Waals surface area contributed by atoms with E-state index in [0.29, 0.717) is 47.5 Å². The standard InChI is InChI=1S/C28H33N3O4/c1-7-11-31-27(19-8-9-21(22(15-19)34-6)35-12-10-16(2)3)24-25(29-30-26(24)28(31)33)23-18(5)13-17(4)14-20(23)32/h7-9,13-16,27,32H,1,10-12H2,2-6H3,(H,29,30). The number of aromatic nitrogens is 2. The molecule has 2 N–H and O–H groups in total. The zero-order chi connectivity index (χ0) is 25.3. The summed E-state index contributed by atoms with van der Waals surface area (Å²) in [6.45, 7) is 13.0. The topological polar surface area (TPSA) is 87.7 Å². The molecule has 35 heavy (non-hydrogen) atoms. The number of carbonyl (C=O) groups excluding carboxylic acids is 1. The molecule has 1 aliphatic rings. The highest BCUT2D eigenvalue weighted by atomic mass is 16.5. The fourth-order valence-electron chi connectivity index (χ4n) is 4.69. The number of nitrogens with one attached hydrogen (secondary N) is 1. The van der Waals surface area contributed by atoms with Crippen LogP contribution in [0.2, 0.25) is 0 Å². The second kappa shape index (κ2) is 9.86. The maximum Gasteiger partial charge on any atom is 0.273 e. The van der Waals surface area contributed by atoms with Crippen LogP contribution in [-0.2, 0) is 0 Å². The van der Waals surface area contributed by atoms with Gasteiger partial charge in [0.15, 0.2) is 11.5 Å². The number of carbonyl (C=O) groups is 1. The van der Waals surface area contributed by atoms with Crippen molar-refractivity contribution < 1.29 is 19.4 Å². The van der Waals surface area contributed by atoms with Gasteiger partial charge in [0.2, 0.25) is 0 Å². The van der Waals surface area contributed by atoms with Gasteiger partial charge >= 0.3 is 0 Å². The Morgan fingerprint density at radius 3 is 2.66 bits per heavy atom. The molecule has 4 rings (SSSR count). The number of ether oxygens (including phenoxy) is 2. The minimum absolute atomic E-state index is 0.136. The maximum atomic E-state index is 13.4. The molecule has 1 amide bonds. The number of phenolic OH excluding ortho intramolecular Hbond substituents is 1. The first-order chi connectivity index (χ1) is 16.8. The Bertz CT molecular complexity index is 1240. The number of fused-ring (bicyclic) bond motifs is 1. The van der Waals surface area contributed by atoms with Crippen molar-refractivity contribution in [2.24, 2.45) is 5.92 Å².